The molecule has 0 radical (unpaired) electrons. The van der Waals surface area contributed by atoms with Gasteiger partial charge in [-0.3, -0.25) is 0 Å². The normalized spacial score (nSPS) is 18.3. The van der Waals surface area contributed by atoms with E-state index in [0.29, 0.717) is 18.7 Å². The second kappa shape index (κ2) is 3.55. The van der Waals surface area contributed by atoms with E-state index in [4.69, 9.17) is 0 Å². The van der Waals surface area contributed by atoms with E-state index in [1.807, 2.05) is 18.7 Å². The van der Waals surface area contributed by atoms with E-state index in [2.05, 4.69) is 15.2 Å². The maximum Gasteiger partial charge on any atom is 0.348 e. The Hall–Kier alpha value is -1.89. The molecule has 2 aromatic rings. The molecule has 2 N–H and O–H groups in total. The number of anilines is 1. The largest absolute Gasteiger partial charge is 0.386 e. The maximum absolute atomic E-state index is 11.3. The zero-order valence-corrected chi connectivity index (χ0v) is 10.3. The van der Waals surface area contributed by atoms with Gasteiger partial charge in [0, 0.05) is 6.07 Å². The molecule has 3 heterocycles. The summed E-state index contributed by atoms with van der Waals surface area (Å²) in [5.74, 6) is 0.942. The number of rotatable bonds is 2. The summed E-state index contributed by atoms with van der Waals surface area (Å²) in [7, 11) is 0. The van der Waals surface area contributed by atoms with Crippen LogP contribution in [-0.4, -0.2) is 43.4 Å². The molecule has 0 aliphatic carbocycles. The molecular weight excluding hydrogens is 234 g/mol. The van der Waals surface area contributed by atoms with Crippen molar-refractivity contribution in [2.75, 3.05) is 18.0 Å². The molecule has 0 bridgehead atoms. The number of hydrogen-bond acceptors (Lipinski definition) is 5. The standard InChI is InChI=1S/C11H15N5O2/c1-7(2)11(18)4-15(5-11)8-3-9-13-14-10(17)16(9)6-12-8/h3,6-7,18H,4-5H2,1-2H3,(H,14,17). The van der Waals surface area contributed by atoms with Crippen molar-refractivity contribution in [1.82, 2.24) is 19.6 Å². The molecule has 2 aromatic heterocycles. The minimum atomic E-state index is -0.640. The molecule has 7 heteroatoms. The SMILES string of the molecule is CC(C)C1(O)CN(c2cc3n[nH]c(=O)n3cn2)C1. The molecular formula is C11H15N5O2. The summed E-state index contributed by atoms with van der Waals surface area (Å²) < 4.78 is 1.35. The van der Waals surface area contributed by atoms with Crippen LogP contribution in [0.5, 0.6) is 0 Å². The number of nitrogens with zero attached hydrogens (tertiary/aromatic N) is 4. The smallest absolute Gasteiger partial charge is 0.348 e. The van der Waals surface area contributed by atoms with Crippen LogP contribution in [0.3, 0.4) is 0 Å². The summed E-state index contributed by atoms with van der Waals surface area (Å²) in [6.45, 7) is 5.12. The number of H-pyrrole nitrogens is 1. The highest BCUT2D eigenvalue weighted by Crippen LogP contribution is 2.31. The van der Waals surface area contributed by atoms with Crippen molar-refractivity contribution in [3.05, 3.63) is 22.9 Å². The zero-order chi connectivity index (χ0) is 12.9. The number of aromatic amines is 1. The van der Waals surface area contributed by atoms with Crippen molar-refractivity contribution < 1.29 is 5.11 Å². The third-order valence-corrected chi connectivity index (χ3v) is 3.62. The lowest BCUT2D eigenvalue weighted by molar-refractivity contribution is -0.0304. The van der Waals surface area contributed by atoms with E-state index in [0.717, 1.165) is 5.82 Å². The Morgan fingerprint density at radius 2 is 2.22 bits per heavy atom. The van der Waals surface area contributed by atoms with Crippen molar-refractivity contribution in [2.24, 2.45) is 5.92 Å². The van der Waals surface area contributed by atoms with Crippen LogP contribution < -0.4 is 10.6 Å². The minimum absolute atomic E-state index is 0.213. The Morgan fingerprint density at radius 3 is 2.89 bits per heavy atom. The van der Waals surface area contributed by atoms with Gasteiger partial charge < -0.3 is 10.0 Å². The summed E-state index contributed by atoms with van der Waals surface area (Å²) in [6.07, 6.45) is 1.45. The van der Waals surface area contributed by atoms with Gasteiger partial charge in [-0.25, -0.2) is 19.3 Å². The van der Waals surface area contributed by atoms with Crippen molar-refractivity contribution in [1.29, 1.82) is 0 Å². The molecule has 1 aliphatic rings. The number of β-amino-alcohol motifs (C(OH)–C–C–N with tert-alkyl or cyclic N) is 1. The van der Waals surface area contributed by atoms with Gasteiger partial charge in [0.05, 0.1) is 13.1 Å². The van der Waals surface area contributed by atoms with Gasteiger partial charge in [-0.15, -0.1) is 0 Å². The van der Waals surface area contributed by atoms with Crippen LogP contribution in [0.15, 0.2) is 17.2 Å². The molecule has 0 atom stereocenters. The van der Waals surface area contributed by atoms with Gasteiger partial charge in [0.25, 0.3) is 0 Å². The Labute approximate surface area is 103 Å². The van der Waals surface area contributed by atoms with Crippen LogP contribution in [0, 0.1) is 5.92 Å². The molecule has 0 unspecified atom stereocenters. The topological polar surface area (TPSA) is 86.5 Å². The van der Waals surface area contributed by atoms with Crippen LogP contribution in [-0.2, 0) is 0 Å². The molecule has 1 fully saturated rings. The monoisotopic (exact) mass is 249 g/mol. The van der Waals surface area contributed by atoms with E-state index in [9.17, 15) is 9.90 Å². The van der Waals surface area contributed by atoms with Crippen LogP contribution >= 0.6 is 0 Å². The first-order valence-electron chi connectivity index (χ1n) is 5.90. The Balaban J connectivity index is 1.87. The van der Waals surface area contributed by atoms with Gasteiger partial charge in [-0.05, 0) is 5.92 Å². The molecule has 7 nitrogen and oxygen atoms in total. The maximum atomic E-state index is 11.3. The molecule has 0 spiro atoms. The highest BCUT2D eigenvalue weighted by molar-refractivity contribution is 5.52. The van der Waals surface area contributed by atoms with E-state index >= 15 is 0 Å². The van der Waals surface area contributed by atoms with Gasteiger partial charge in [-0.1, -0.05) is 13.8 Å². The molecule has 0 amide bonds. The van der Waals surface area contributed by atoms with Crippen molar-refractivity contribution in [3.63, 3.8) is 0 Å². The van der Waals surface area contributed by atoms with Gasteiger partial charge >= 0.3 is 5.69 Å². The molecule has 18 heavy (non-hydrogen) atoms. The summed E-state index contributed by atoms with van der Waals surface area (Å²) in [4.78, 5) is 17.5. The Bertz CT molecular complexity index is 638. The fraction of sp³-hybridized carbons (Fsp3) is 0.545. The van der Waals surface area contributed by atoms with Gasteiger partial charge in [-0.2, -0.15) is 5.10 Å². The first kappa shape index (κ1) is 11.2. The Morgan fingerprint density at radius 1 is 1.50 bits per heavy atom. The third-order valence-electron chi connectivity index (χ3n) is 3.62. The first-order valence-corrected chi connectivity index (χ1v) is 5.90. The minimum Gasteiger partial charge on any atom is -0.386 e. The van der Waals surface area contributed by atoms with Crippen LogP contribution in [0.4, 0.5) is 5.82 Å². The van der Waals surface area contributed by atoms with Crippen LogP contribution in [0.2, 0.25) is 0 Å². The highest BCUT2D eigenvalue weighted by Gasteiger charge is 2.44. The number of fused-ring (bicyclic) bond motifs is 1. The summed E-state index contributed by atoms with van der Waals surface area (Å²) in [5.41, 5.74) is -0.407. The molecule has 1 saturated heterocycles. The number of hydrogen-bond donors (Lipinski definition) is 2. The quantitative estimate of drug-likeness (QED) is 0.758. The van der Waals surface area contributed by atoms with Crippen LogP contribution in [0.1, 0.15) is 13.8 Å². The fourth-order valence-electron chi connectivity index (χ4n) is 2.11. The summed E-state index contributed by atoms with van der Waals surface area (Å²) in [6, 6.07) is 1.73. The number of aliphatic hydroxyl groups is 1. The molecule has 96 valence electrons. The highest BCUT2D eigenvalue weighted by atomic mass is 16.3. The second-order valence-electron chi connectivity index (χ2n) is 5.12. The number of aromatic nitrogens is 4. The van der Waals surface area contributed by atoms with E-state index in [1.165, 1.54) is 10.7 Å². The fourth-order valence-corrected chi connectivity index (χ4v) is 2.11. The van der Waals surface area contributed by atoms with Crippen LogP contribution in [0.25, 0.3) is 5.65 Å². The predicted octanol–water partition coefficient (Wildman–Crippen LogP) is -0.375. The van der Waals surface area contributed by atoms with E-state index in [-0.39, 0.29) is 11.6 Å². The average Bonchev–Trinajstić information content (AvgIpc) is 2.66. The van der Waals surface area contributed by atoms with Crippen molar-refractivity contribution in [3.8, 4) is 0 Å². The van der Waals surface area contributed by atoms with Gasteiger partial charge in [0.1, 0.15) is 17.7 Å². The molecule has 3 rings (SSSR count). The lowest BCUT2D eigenvalue weighted by atomic mass is 9.83. The van der Waals surface area contributed by atoms with E-state index in [1.54, 1.807) is 6.07 Å². The average molecular weight is 249 g/mol. The first-order chi connectivity index (χ1) is 8.49. The van der Waals surface area contributed by atoms with Gasteiger partial charge in [0.15, 0.2) is 5.65 Å². The lowest BCUT2D eigenvalue weighted by Crippen LogP contribution is -2.65. The van der Waals surface area contributed by atoms with Crippen molar-refractivity contribution in [2.45, 2.75) is 19.4 Å². The molecule has 1 aliphatic heterocycles. The van der Waals surface area contributed by atoms with E-state index < -0.39 is 5.60 Å². The lowest BCUT2D eigenvalue weighted by Gasteiger charge is -2.49. The summed E-state index contributed by atoms with van der Waals surface area (Å²) in [5, 5.41) is 16.4. The second-order valence-corrected chi connectivity index (χ2v) is 5.12. The van der Waals surface area contributed by atoms with Crippen molar-refractivity contribution >= 4 is 11.5 Å². The predicted molar refractivity (Wildman–Crippen MR) is 65.6 cm³/mol. The molecule has 0 saturated carbocycles. The molecule has 0 aromatic carbocycles. The zero-order valence-electron chi connectivity index (χ0n) is 10.3. The third kappa shape index (κ3) is 1.51. The summed E-state index contributed by atoms with van der Waals surface area (Å²) >= 11 is 0. The van der Waals surface area contributed by atoms with Gasteiger partial charge in [0.2, 0.25) is 0 Å². The Kier molecular flexibility index (Phi) is 2.21. The number of nitrogens with one attached hydrogen (secondary N) is 1.